The summed E-state index contributed by atoms with van der Waals surface area (Å²) < 4.78 is 6.54. The average molecular weight is 453 g/mol. The van der Waals surface area contributed by atoms with E-state index >= 15 is 0 Å². The van der Waals surface area contributed by atoms with Crippen LogP contribution in [0, 0.1) is 5.92 Å². The quantitative estimate of drug-likeness (QED) is 0.533. The number of nitrogens with one attached hydrogen (secondary N) is 2. The standard InChI is InChI=1S/C24H24N2O5S/c1-14-19(28)13-31-24(14,2)26-22(29)18(11-15-7-9-17(27)10-8-15)25-23(30)21-12-16-5-3-4-6-20(16)32-21/h3-10,12,14,18,27H,11,13H2,1-2H3,(H,25,30)(H,26,29). The van der Waals surface area contributed by atoms with Gasteiger partial charge in [-0.2, -0.15) is 0 Å². The van der Waals surface area contributed by atoms with Crippen LogP contribution in [-0.4, -0.2) is 41.1 Å². The van der Waals surface area contributed by atoms with Crippen LogP contribution in [0.25, 0.3) is 10.1 Å². The number of benzene rings is 2. The minimum absolute atomic E-state index is 0.0608. The fraction of sp³-hybridized carbons (Fsp3) is 0.292. The Morgan fingerprint density at radius 1 is 1.22 bits per heavy atom. The first-order valence-electron chi connectivity index (χ1n) is 10.3. The van der Waals surface area contributed by atoms with Gasteiger partial charge in [0, 0.05) is 11.1 Å². The number of rotatable bonds is 6. The second-order valence-corrected chi connectivity index (χ2v) is 9.20. The first-order chi connectivity index (χ1) is 15.2. The maximum atomic E-state index is 13.2. The number of phenolic OH excluding ortho intramolecular Hbond substituents is 1. The van der Waals surface area contributed by atoms with Crippen molar-refractivity contribution in [1.29, 1.82) is 0 Å². The second kappa shape index (κ2) is 8.72. The van der Waals surface area contributed by atoms with Crippen molar-refractivity contribution in [3.05, 3.63) is 65.0 Å². The number of thiophene rings is 1. The number of amides is 2. The lowest BCUT2D eigenvalue weighted by Crippen LogP contribution is -2.57. The van der Waals surface area contributed by atoms with Gasteiger partial charge in [0.15, 0.2) is 5.78 Å². The number of ether oxygens (including phenoxy) is 1. The minimum Gasteiger partial charge on any atom is -0.508 e. The zero-order valence-corrected chi connectivity index (χ0v) is 18.6. The molecule has 8 heteroatoms. The Balaban J connectivity index is 1.56. The van der Waals surface area contributed by atoms with Gasteiger partial charge in [0.2, 0.25) is 5.91 Å². The Labute approximate surface area is 189 Å². The van der Waals surface area contributed by atoms with E-state index in [1.807, 2.05) is 24.3 Å². The van der Waals surface area contributed by atoms with Gasteiger partial charge in [-0.1, -0.05) is 37.3 Å². The molecule has 4 rings (SSSR count). The molecule has 3 unspecified atom stereocenters. The molecule has 1 fully saturated rings. The zero-order valence-electron chi connectivity index (χ0n) is 17.8. The predicted molar refractivity (Wildman–Crippen MR) is 122 cm³/mol. The summed E-state index contributed by atoms with van der Waals surface area (Å²) in [6, 6.07) is 15.0. The fourth-order valence-corrected chi connectivity index (χ4v) is 4.62. The molecule has 0 aliphatic carbocycles. The topological polar surface area (TPSA) is 105 Å². The first-order valence-corrected chi connectivity index (χ1v) is 11.1. The number of fused-ring (bicyclic) bond motifs is 1. The third-order valence-electron chi connectivity index (χ3n) is 5.84. The summed E-state index contributed by atoms with van der Waals surface area (Å²) in [5, 5.41) is 16.1. The summed E-state index contributed by atoms with van der Waals surface area (Å²) in [6.45, 7) is 3.31. The largest absolute Gasteiger partial charge is 0.508 e. The number of hydrogen-bond donors (Lipinski definition) is 3. The summed E-state index contributed by atoms with van der Waals surface area (Å²) in [5.74, 6) is -1.28. The molecule has 32 heavy (non-hydrogen) atoms. The summed E-state index contributed by atoms with van der Waals surface area (Å²) in [7, 11) is 0. The molecule has 1 aromatic heterocycles. The van der Waals surface area contributed by atoms with Gasteiger partial charge in [0.1, 0.15) is 24.1 Å². The number of Topliss-reactive ketones (excluding diaryl/α,β-unsaturated/α-hetero) is 1. The van der Waals surface area contributed by atoms with Crippen molar-refractivity contribution in [2.24, 2.45) is 5.92 Å². The molecule has 1 aliphatic heterocycles. The highest BCUT2D eigenvalue weighted by molar-refractivity contribution is 7.20. The van der Waals surface area contributed by atoms with Crippen molar-refractivity contribution in [3.63, 3.8) is 0 Å². The Bertz CT molecular complexity index is 1140. The van der Waals surface area contributed by atoms with Gasteiger partial charge < -0.3 is 20.5 Å². The van der Waals surface area contributed by atoms with Gasteiger partial charge in [-0.25, -0.2) is 0 Å². The van der Waals surface area contributed by atoms with E-state index in [2.05, 4.69) is 10.6 Å². The Morgan fingerprint density at radius 3 is 2.59 bits per heavy atom. The minimum atomic E-state index is -1.14. The Kier molecular flexibility index (Phi) is 5.99. The van der Waals surface area contributed by atoms with Crippen molar-refractivity contribution >= 4 is 39.0 Å². The number of carbonyl (C=O) groups is 3. The molecule has 0 spiro atoms. The van der Waals surface area contributed by atoms with Crippen LogP contribution in [0.2, 0.25) is 0 Å². The second-order valence-electron chi connectivity index (χ2n) is 8.12. The molecule has 2 amide bonds. The number of phenols is 1. The number of hydrogen-bond acceptors (Lipinski definition) is 6. The SMILES string of the molecule is CC1C(=O)COC1(C)NC(=O)C(Cc1ccc(O)cc1)NC(=O)c1cc2ccccc2s1. The maximum Gasteiger partial charge on any atom is 0.262 e. The van der Waals surface area contributed by atoms with E-state index in [0.717, 1.165) is 15.6 Å². The molecule has 7 nitrogen and oxygen atoms in total. The zero-order chi connectivity index (χ0) is 22.9. The van der Waals surface area contributed by atoms with Gasteiger partial charge in [0.05, 0.1) is 10.8 Å². The van der Waals surface area contributed by atoms with Gasteiger partial charge in [-0.3, -0.25) is 14.4 Å². The summed E-state index contributed by atoms with van der Waals surface area (Å²) >= 11 is 1.35. The van der Waals surface area contributed by atoms with Crippen LogP contribution in [0.3, 0.4) is 0 Å². The van der Waals surface area contributed by atoms with Crippen molar-refractivity contribution in [1.82, 2.24) is 10.6 Å². The highest BCUT2D eigenvalue weighted by atomic mass is 32.1. The van der Waals surface area contributed by atoms with Crippen molar-refractivity contribution in [3.8, 4) is 5.75 Å². The summed E-state index contributed by atoms with van der Waals surface area (Å²) in [4.78, 5) is 38.6. The normalized spacial score (nSPS) is 21.4. The molecule has 2 aromatic carbocycles. The highest BCUT2D eigenvalue weighted by Crippen LogP contribution is 2.27. The van der Waals surface area contributed by atoms with E-state index in [4.69, 9.17) is 4.74 Å². The summed E-state index contributed by atoms with van der Waals surface area (Å²) in [5.41, 5.74) is -0.370. The van der Waals surface area contributed by atoms with Crippen molar-refractivity contribution in [2.75, 3.05) is 6.61 Å². The molecule has 3 aromatic rings. The monoisotopic (exact) mass is 452 g/mol. The van der Waals surface area contributed by atoms with Crippen LogP contribution >= 0.6 is 11.3 Å². The number of carbonyl (C=O) groups excluding carboxylic acids is 3. The molecular formula is C24H24N2O5S. The van der Waals surface area contributed by atoms with Crippen LogP contribution in [0.1, 0.15) is 29.1 Å². The molecule has 0 saturated carbocycles. The van der Waals surface area contributed by atoms with Crippen LogP contribution in [-0.2, 0) is 20.7 Å². The Hall–Kier alpha value is -3.23. The third kappa shape index (κ3) is 4.51. The molecule has 1 aliphatic rings. The molecular weight excluding hydrogens is 428 g/mol. The van der Waals surface area contributed by atoms with E-state index in [9.17, 15) is 19.5 Å². The molecule has 2 heterocycles. The van der Waals surface area contributed by atoms with Crippen molar-refractivity contribution in [2.45, 2.75) is 32.0 Å². The van der Waals surface area contributed by atoms with E-state index in [-0.39, 0.29) is 30.5 Å². The summed E-state index contributed by atoms with van der Waals surface area (Å²) in [6.07, 6.45) is 0.209. The molecule has 3 N–H and O–H groups in total. The number of aromatic hydroxyl groups is 1. The molecule has 1 saturated heterocycles. The number of ketones is 1. The average Bonchev–Trinajstić information content (AvgIpc) is 3.32. The van der Waals surface area contributed by atoms with E-state index in [1.165, 1.54) is 23.5 Å². The van der Waals surface area contributed by atoms with Gasteiger partial charge in [-0.05, 0) is 42.1 Å². The van der Waals surface area contributed by atoms with E-state index in [0.29, 0.717) is 4.88 Å². The van der Waals surface area contributed by atoms with Crippen LogP contribution in [0.15, 0.2) is 54.6 Å². The van der Waals surface area contributed by atoms with Gasteiger partial charge >= 0.3 is 0 Å². The fourth-order valence-electron chi connectivity index (χ4n) is 3.65. The van der Waals surface area contributed by atoms with Crippen molar-refractivity contribution < 1.29 is 24.2 Å². The Morgan fingerprint density at radius 2 is 1.94 bits per heavy atom. The lowest BCUT2D eigenvalue weighted by atomic mass is 9.97. The lowest BCUT2D eigenvalue weighted by molar-refractivity contribution is -0.132. The predicted octanol–water partition coefficient (Wildman–Crippen LogP) is 3.02. The molecule has 0 radical (unpaired) electrons. The van der Waals surface area contributed by atoms with E-state index < -0.39 is 23.6 Å². The van der Waals surface area contributed by atoms with Crippen LogP contribution in [0.5, 0.6) is 5.75 Å². The highest BCUT2D eigenvalue weighted by Gasteiger charge is 2.45. The molecule has 3 atom stereocenters. The third-order valence-corrected chi connectivity index (χ3v) is 6.96. The first kappa shape index (κ1) is 22.0. The lowest BCUT2D eigenvalue weighted by Gasteiger charge is -2.30. The maximum absolute atomic E-state index is 13.2. The molecule has 0 bridgehead atoms. The molecule has 166 valence electrons. The van der Waals surface area contributed by atoms with Crippen LogP contribution in [0.4, 0.5) is 0 Å². The smallest absolute Gasteiger partial charge is 0.262 e. The van der Waals surface area contributed by atoms with Gasteiger partial charge in [0.25, 0.3) is 5.91 Å². The van der Waals surface area contributed by atoms with E-state index in [1.54, 1.807) is 32.0 Å². The van der Waals surface area contributed by atoms with Gasteiger partial charge in [-0.15, -0.1) is 11.3 Å². The van der Waals surface area contributed by atoms with Crippen LogP contribution < -0.4 is 10.6 Å².